The van der Waals surface area contributed by atoms with E-state index in [1.165, 1.54) is 107 Å². The van der Waals surface area contributed by atoms with E-state index in [0.717, 1.165) is 25.8 Å². The lowest BCUT2D eigenvalue weighted by Gasteiger charge is -2.08. The van der Waals surface area contributed by atoms with E-state index in [-0.39, 0.29) is 0 Å². The van der Waals surface area contributed by atoms with Crippen molar-refractivity contribution in [3.8, 4) is 0 Å². The quantitative estimate of drug-likeness (QED) is 0.206. The van der Waals surface area contributed by atoms with Crippen LogP contribution < -0.4 is 0 Å². The van der Waals surface area contributed by atoms with Gasteiger partial charge in [-0.05, 0) is 37.7 Å². The number of aryl methyl sites for hydroxylation is 4. The summed E-state index contributed by atoms with van der Waals surface area (Å²) in [5.41, 5.74) is 2.75. The summed E-state index contributed by atoms with van der Waals surface area (Å²) in [6.45, 7) is 5.74. The molecule has 0 amide bonds. The predicted molar refractivity (Wildman–Crippen MR) is 136 cm³/mol. The normalized spacial score (nSPS) is 11.3. The van der Waals surface area contributed by atoms with Crippen LogP contribution in [0.1, 0.15) is 121 Å². The summed E-state index contributed by atoms with van der Waals surface area (Å²) in [6, 6.07) is 10.9. The van der Waals surface area contributed by atoms with E-state index in [1.807, 2.05) is 0 Å². The molecule has 174 valence electrons. The average molecular weight is 425 g/mol. The number of nitrogens with zero attached hydrogens (tertiary/aromatic N) is 2. The van der Waals surface area contributed by atoms with E-state index in [4.69, 9.17) is 4.98 Å². The Labute approximate surface area is 192 Å². The molecule has 0 radical (unpaired) electrons. The van der Waals surface area contributed by atoms with Crippen molar-refractivity contribution in [2.45, 2.75) is 130 Å². The van der Waals surface area contributed by atoms with E-state index < -0.39 is 0 Å². The first-order valence-corrected chi connectivity index (χ1v) is 13.4. The molecular weight excluding hydrogens is 376 g/mol. The van der Waals surface area contributed by atoms with Crippen LogP contribution in [0.3, 0.4) is 0 Å². The van der Waals surface area contributed by atoms with Gasteiger partial charge >= 0.3 is 0 Å². The lowest BCUT2D eigenvalue weighted by Crippen LogP contribution is -2.03. The number of unbranched alkanes of at least 4 members (excludes halogenated alkanes) is 11. The second kappa shape index (κ2) is 17.0. The number of imidazole rings is 1. The third-order valence-electron chi connectivity index (χ3n) is 6.41. The summed E-state index contributed by atoms with van der Waals surface area (Å²) >= 11 is 0. The van der Waals surface area contributed by atoms with Gasteiger partial charge in [-0.2, -0.15) is 0 Å². The lowest BCUT2D eigenvalue weighted by atomic mass is 10.1. The summed E-state index contributed by atoms with van der Waals surface area (Å²) in [5, 5.41) is 0. The summed E-state index contributed by atoms with van der Waals surface area (Å²) < 4.78 is 2.50. The minimum absolute atomic E-state index is 1.10. The van der Waals surface area contributed by atoms with Crippen molar-refractivity contribution in [2.24, 2.45) is 0 Å². The van der Waals surface area contributed by atoms with E-state index in [9.17, 15) is 0 Å². The highest BCUT2D eigenvalue weighted by Gasteiger charge is 2.08. The number of rotatable bonds is 19. The predicted octanol–water partition coefficient (Wildman–Crippen LogP) is 8.71. The molecule has 0 N–H and O–H groups in total. The summed E-state index contributed by atoms with van der Waals surface area (Å²) in [7, 11) is 0. The first-order valence-electron chi connectivity index (χ1n) is 13.4. The van der Waals surface area contributed by atoms with Gasteiger partial charge in [0.25, 0.3) is 0 Å². The number of benzene rings is 1. The molecule has 0 aliphatic heterocycles. The molecule has 1 aromatic carbocycles. The highest BCUT2D eigenvalue weighted by Crippen LogP contribution is 2.15. The molecule has 0 unspecified atom stereocenters. The summed E-state index contributed by atoms with van der Waals surface area (Å²) in [4.78, 5) is 5.08. The maximum absolute atomic E-state index is 5.08. The van der Waals surface area contributed by atoms with E-state index in [1.54, 1.807) is 0 Å². The van der Waals surface area contributed by atoms with Gasteiger partial charge in [-0.15, -0.1) is 0 Å². The molecule has 0 saturated heterocycles. The van der Waals surface area contributed by atoms with E-state index in [0.29, 0.717) is 0 Å². The van der Waals surface area contributed by atoms with Gasteiger partial charge in [-0.1, -0.05) is 115 Å². The molecule has 0 bridgehead atoms. The van der Waals surface area contributed by atoms with Crippen LogP contribution in [0.25, 0.3) is 0 Å². The molecule has 0 aliphatic carbocycles. The van der Waals surface area contributed by atoms with Gasteiger partial charge < -0.3 is 4.57 Å². The van der Waals surface area contributed by atoms with Crippen molar-refractivity contribution in [1.29, 1.82) is 0 Å². The van der Waals surface area contributed by atoms with Crippen LogP contribution in [0.15, 0.2) is 36.5 Å². The third kappa shape index (κ3) is 11.6. The smallest absolute Gasteiger partial charge is 0.108 e. The maximum Gasteiger partial charge on any atom is 0.108 e. The molecule has 2 heteroatoms. The Morgan fingerprint density at radius 3 is 1.90 bits per heavy atom. The molecule has 2 aromatic rings. The number of aromatic nitrogens is 2. The second-order valence-corrected chi connectivity index (χ2v) is 9.32. The van der Waals surface area contributed by atoms with Gasteiger partial charge in [0.2, 0.25) is 0 Å². The van der Waals surface area contributed by atoms with Crippen LogP contribution in [-0.2, 0) is 25.8 Å². The van der Waals surface area contributed by atoms with Gasteiger partial charge in [-0.25, -0.2) is 4.98 Å². The minimum Gasteiger partial charge on any atom is -0.335 e. The van der Waals surface area contributed by atoms with E-state index >= 15 is 0 Å². The molecule has 0 saturated carbocycles. The topological polar surface area (TPSA) is 17.8 Å². The van der Waals surface area contributed by atoms with Crippen molar-refractivity contribution in [3.05, 3.63) is 53.6 Å². The Morgan fingerprint density at radius 2 is 1.23 bits per heavy atom. The van der Waals surface area contributed by atoms with Crippen molar-refractivity contribution >= 4 is 0 Å². The molecule has 2 rings (SSSR count). The van der Waals surface area contributed by atoms with Gasteiger partial charge in [0, 0.05) is 19.2 Å². The first-order chi connectivity index (χ1) is 15.3. The Morgan fingerprint density at radius 1 is 0.613 bits per heavy atom. The zero-order valence-electron chi connectivity index (χ0n) is 20.6. The van der Waals surface area contributed by atoms with Crippen molar-refractivity contribution in [1.82, 2.24) is 9.55 Å². The minimum atomic E-state index is 1.10. The van der Waals surface area contributed by atoms with Crippen LogP contribution in [0, 0.1) is 0 Å². The number of hydrogen-bond donors (Lipinski definition) is 0. The van der Waals surface area contributed by atoms with Gasteiger partial charge in [0.15, 0.2) is 0 Å². The van der Waals surface area contributed by atoms with Crippen LogP contribution in [-0.4, -0.2) is 9.55 Å². The first kappa shape index (κ1) is 25.7. The van der Waals surface area contributed by atoms with Crippen molar-refractivity contribution in [3.63, 3.8) is 0 Å². The molecule has 2 nitrogen and oxygen atoms in total. The molecule has 0 atom stereocenters. The fourth-order valence-corrected chi connectivity index (χ4v) is 4.45. The SMILES string of the molecule is CCCCCCCCCn1cc(CCCc2ccccc2)nc1CCCCCCCC. The highest BCUT2D eigenvalue weighted by molar-refractivity contribution is 5.15. The maximum atomic E-state index is 5.08. The zero-order chi connectivity index (χ0) is 22.0. The van der Waals surface area contributed by atoms with Gasteiger partial charge in [0.1, 0.15) is 5.82 Å². The summed E-state index contributed by atoms with van der Waals surface area (Å²) in [6.07, 6.45) is 24.7. The molecule has 1 aromatic heterocycles. The third-order valence-corrected chi connectivity index (χ3v) is 6.41. The van der Waals surface area contributed by atoms with Crippen LogP contribution in [0.5, 0.6) is 0 Å². The highest BCUT2D eigenvalue weighted by atomic mass is 15.1. The fraction of sp³-hybridized carbons (Fsp3) is 0.690. The van der Waals surface area contributed by atoms with Gasteiger partial charge in [-0.3, -0.25) is 0 Å². The van der Waals surface area contributed by atoms with Crippen LogP contribution in [0.2, 0.25) is 0 Å². The Bertz CT molecular complexity index is 659. The molecule has 1 heterocycles. The zero-order valence-corrected chi connectivity index (χ0v) is 20.6. The van der Waals surface area contributed by atoms with Crippen LogP contribution in [0.4, 0.5) is 0 Å². The second-order valence-electron chi connectivity index (χ2n) is 9.32. The largest absolute Gasteiger partial charge is 0.335 e. The average Bonchev–Trinajstić information content (AvgIpc) is 3.18. The molecule has 31 heavy (non-hydrogen) atoms. The standard InChI is InChI=1S/C29H48N2/c1-3-5-7-9-11-13-18-25-31-26-28(23-19-22-27-20-15-14-16-21-27)30-29(31)24-17-12-10-8-6-4-2/h14-16,20-21,26H,3-13,17-19,22-25H2,1-2H3. The van der Waals surface area contributed by atoms with Crippen LogP contribution >= 0.6 is 0 Å². The number of hydrogen-bond acceptors (Lipinski definition) is 1. The summed E-state index contributed by atoms with van der Waals surface area (Å²) in [5.74, 6) is 1.34. The van der Waals surface area contributed by atoms with Gasteiger partial charge in [0.05, 0.1) is 5.69 Å². The van der Waals surface area contributed by atoms with Crippen molar-refractivity contribution in [2.75, 3.05) is 0 Å². The Hall–Kier alpha value is -1.57. The molecule has 0 fully saturated rings. The monoisotopic (exact) mass is 424 g/mol. The van der Waals surface area contributed by atoms with Crippen molar-refractivity contribution < 1.29 is 0 Å². The molecule has 0 spiro atoms. The van der Waals surface area contributed by atoms with E-state index in [2.05, 4.69) is 54.9 Å². The Kier molecular flexibility index (Phi) is 14.1. The Balaban J connectivity index is 1.78. The fourth-order valence-electron chi connectivity index (χ4n) is 4.45. The molecular formula is C29H48N2. The molecule has 0 aliphatic rings. The lowest BCUT2D eigenvalue weighted by molar-refractivity contribution is 0.531.